The second kappa shape index (κ2) is 10.8. The maximum absolute atomic E-state index is 5.95. The number of alkyl halides is 1. The summed E-state index contributed by atoms with van der Waals surface area (Å²) in [5.74, 6) is 0.836. The van der Waals surface area contributed by atoms with E-state index in [1.807, 2.05) is 24.3 Å². The molecule has 0 aliphatic carbocycles. The Morgan fingerprint density at radius 1 is 0.862 bits per heavy atom. The van der Waals surface area contributed by atoms with Crippen molar-refractivity contribution in [1.29, 1.82) is 0 Å². The number of hydrogen-bond acceptors (Lipinski definition) is 2. The Bertz CT molecular complexity index is 865. The highest BCUT2D eigenvalue weighted by Gasteiger charge is 2.14. The van der Waals surface area contributed by atoms with Crippen molar-refractivity contribution >= 4 is 27.5 Å². The predicted octanol–water partition coefficient (Wildman–Crippen LogP) is 6.80. The Morgan fingerprint density at radius 2 is 1.41 bits per heavy atom. The Kier molecular flexibility index (Phi) is 8.17. The molecule has 3 aromatic rings. The maximum Gasteiger partial charge on any atom is 0.119 e. The van der Waals surface area contributed by atoms with E-state index in [1.165, 1.54) is 22.3 Å². The molecular formula is C25H27BrClNO. The van der Waals surface area contributed by atoms with Gasteiger partial charge in [-0.05, 0) is 49.2 Å². The van der Waals surface area contributed by atoms with Gasteiger partial charge >= 0.3 is 0 Å². The van der Waals surface area contributed by atoms with E-state index in [-0.39, 0.29) is 4.83 Å². The first-order valence-corrected chi connectivity index (χ1v) is 11.1. The lowest BCUT2D eigenvalue weighted by molar-refractivity contribution is 0.229. The van der Waals surface area contributed by atoms with E-state index < -0.39 is 0 Å². The van der Waals surface area contributed by atoms with Crippen LogP contribution in [0, 0.1) is 13.8 Å². The van der Waals surface area contributed by atoms with Crippen molar-refractivity contribution in [2.45, 2.75) is 31.8 Å². The molecule has 1 atom stereocenters. The van der Waals surface area contributed by atoms with Gasteiger partial charge in [0.15, 0.2) is 0 Å². The molecule has 4 heteroatoms. The summed E-state index contributed by atoms with van der Waals surface area (Å²) >= 11 is 9.76. The number of halogens is 2. The molecule has 0 fully saturated rings. The van der Waals surface area contributed by atoms with Crippen LogP contribution in [0.3, 0.4) is 0 Å². The Balaban J connectivity index is 1.65. The minimum absolute atomic E-state index is 0.216. The van der Waals surface area contributed by atoms with Crippen LogP contribution in [-0.4, -0.2) is 22.9 Å². The van der Waals surface area contributed by atoms with E-state index in [0.717, 1.165) is 30.4 Å². The number of ether oxygens (including phenoxy) is 1. The first kappa shape index (κ1) is 21.9. The van der Waals surface area contributed by atoms with Crippen molar-refractivity contribution in [2.75, 3.05) is 13.2 Å². The summed E-state index contributed by atoms with van der Waals surface area (Å²) in [7, 11) is 0. The zero-order valence-corrected chi connectivity index (χ0v) is 19.3. The van der Waals surface area contributed by atoms with E-state index >= 15 is 0 Å². The van der Waals surface area contributed by atoms with E-state index in [4.69, 9.17) is 16.3 Å². The third kappa shape index (κ3) is 7.50. The predicted molar refractivity (Wildman–Crippen MR) is 126 cm³/mol. The molecule has 0 saturated carbocycles. The molecule has 1 unspecified atom stereocenters. The number of rotatable bonds is 9. The zero-order valence-electron chi connectivity index (χ0n) is 16.9. The Labute approximate surface area is 187 Å². The van der Waals surface area contributed by atoms with Crippen LogP contribution < -0.4 is 4.74 Å². The van der Waals surface area contributed by atoms with Gasteiger partial charge in [0.25, 0.3) is 0 Å². The monoisotopic (exact) mass is 471 g/mol. The molecule has 0 saturated heterocycles. The molecule has 0 aromatic heterocycles. The summed E-state index contributed by atoms with van der Waals surface area (Å²) in [6.07, 6.45) is 0. The normalized spacial score (nSPS) is 12.2. The summed E-state index contributed by atoms with van der Waals surface area (Å²) in [6, 6.07) is 25.0. The second-order valence-electron chi connectivity index (χ2n) is 7.51. The standard InChI is InChI=1S/C25H27BrClNO/c1-19-5-3-7-21(13-19)15-28(16-22-8-4-6-20(2)14-22)17-23(26)18-29-25-11-9-24(27)10-12-25/h3-14,23H,15-18H2,1-2H3. The fraction of sp³-hybridized carbons (Fsp3) is 0.280. The minimum atomic E-state index is 0.216. The van der Waals surface area contributed by atoms with Crippen LogP contribution in [-0.2, 0) is 13.1 Å². The van der Waals surface area contributed by atoms with E-state index in [2.05, 4.69) is 83.2 Å². The lowest BCUT2D eigenvalue weighted by Crippen LogP contribution is -2.32. The molecule has 29 heavy (non-hydrogen) atoms. The van der Waals surface area contributed by atoms with Gasteiger partial charge in [-0.25, -0.2) is 0 Å². The molecular weight excluding hydrogens is 446 g/mol. The van der Waals surface area contributed by atoms with Gasteiger partial charge < -0.3 is 4.74 Å². The average molecular weight is 473 g/mol. The van der Waals surface area contributed by atoms with Crippen LogP contribution in [0.25, 0.3) is 0 Å². The smallest absolute Gasteiger partial charge is 0.119 e. The SMILES string of the molecule is Cc1cccc(CN(Cc2cccc(C)c2)CC(Br)COc2ccc(Cl)cc2)c1. The van der Waals surface area contributed by atoms with Gasteiger partial charge in [0, 0.05) is 24.7 Å². The van der Waals surface area contributed by atoms with Crippen LogP contribution in [0.15, 0.2) is 72.8 Å². The summed E-state index contributed by atoms with van der Waals surface area (Å²) in [5.41, 5.74) is 5.24. The maximum atomic E-state index is 5.95. The van der Waals surface area contributed by atoms with Crippen molar-refractivity contribution in [3.8, 4) is 5.75 Å². The molecule has 0 radical (unpaired) electrons. The van der Waals surface area contributed by atoms with E-state index in [0.29, 0.717) is 6.61 Å². The molecule has 0 heterocycles. The van der Waals surface area contributed by atoms with Gasteiger partial charge in [0.1, 0.15) is 12.4 Å². The fourth-order valence-electron chi connectivity index (χ4n) is 3.37. The van der Waals surface area contributed by atoms with Crippen LogP contribution in [0.5, 0.6) is 5.75 Å². The van der Waals surface area contributed by atoms with Gasteiger partial charge in [0.2, 0.25) is 0 Å². The quantitative estimate of drug-likeness (QED) is 0.317. The van der Waals surface area contributed by atoms with Crippen LogP contribution in [0.4, 0.5) is 0 Å². The summed E-state index contributed by atoms with van der Waals surface area (Å²) in [4.78, 5) is 2.68. The van der Waals surface area contributed by atoms with Crippen LogP contribution in [0.2, 0.25) is 5.02 Å². The first-order valence-electron chi connectivity index (χ1n) is 9.84. The van der Waals surface area contributed by atoms with E-state index in [1.54, 1.807) is 0 Å². The fourth-order valence-corrected chi connectivity index (χ4v) is 4.04. The van der Waals surface area contributed by atoms with Crippen LogP contribution in [0.1, 0.15) is 22.3 Å². The van der Waals surface area contributed by atoms with Crippen molar-refractivity contribution in [3.63, 3.8) is 0 Å². The molecule has 3 aromatic carbocycles. The molecule has 3 rings (SSSR count). The Morgan fingerprint density at radius 3 is 1.93 bits per heavy atom. The summed E-state index contributed by atoms with van der Waals surface area (Å²) in [5, 5.41) is 0.718. The van der Waals surface area contributed by atoms with Gasteiger partial charge in [0.05, 0.1) is 4.83 Å². The van der Waals surface area contributed by atoms with Crippen molar-refractivity contribution in [1.82, 2.24) is 4.90 Å². The number of aryl methyl sites for hydroxylation is 2. The highest BCUT2D eigenvalue weighted by atomic mass is 79.9. The van der Waals surface area contributed by atoms with Crippen molar-refractivity contribution < 1.29 is 4.74 Å². The highest BCUT2D eigenvalue weighted by Crippen LogP contribution is 2.18. The zero-order chi connectivity index (χ0) is 20.6. The molecule has 2 nitrogen and oxygen atoms in total. The molecule has 0 spiro atoms. The molecule has 152 valence electrons. The summed E-state index contributed by atoms with van der Waals surface area (Å²) in [6.45, 7) is 7.57. The van der Waals surface area contributed by atoms with Crippen LogP contribution >= 0.6 is 27.5 Å². The van der Waals surface area contributed by atoms with E-state index in [9.17, 15) is 0 Å². The number of benzene rings is 3. The minimum Gasteiger partial charge on any atom is -0.492 e. The van der Waals surface area contributed by atoms with Crippen molar-refractivity contribution in [3.05, 3.63) is 100 Å². The number of nitrogens with zero attached hydrogens (tertiary/aromatic N) is 1. The van der Waals surface area contributed by atoms with Gasteiger partial charge in [-0.1, -0.05) is 87.2 Å². The highest BCUT2D eigenvalue weighted by molar-refractivity contribution is 9.09. The topological polar surface area (TPSA) is 12.5 Å². The van der Waals surface area contributed by atoms with Crippen molar-refractivity contribution in [2.24, 2.45) is 0 Å². The molecule has 0 bridgehead atoms. The lowest BCUT2D eigenvalue weighted by Gasteiger charge is -2.25. The lowest BCUT2D eigenvalue weighted by atomic mass is 10.1. The molecule has 0 amide bonds. The second-order valence-corrected chi connectivity index (χ2v) is 9.24. The average Bonchev–Trinajstić information content (AvgIpc) is 2.67. The first-order chi connectivity index (χ1) is 14.0. The third-order valence-electron chi connectivity index (χ3n) is 4.68. The molecule has 0 aliphatic rings. The molecule has 0 aliphatic heterocycles. The largest absolute Gasteiger partial charge is 0.492 e. The molecule has 0 N–H and O–H groups in total. The van der Waals surface area contributed by atoms with Gasteiger partial charge in [-0.15, -0.1) is 0 Å². The van der Waals surface area contributed by atoms with Gasteiger partial charge in [-0.2, -0.15) is 0 Å². The summed E-state index contributed by atoms with van der Waals surface area (Å²) < 4.78 is 5.93. The Hall–Kier alpha value is -1.81. The van der Waals surface area contributed by atoms with Gasteiger partial charge in [-0.3, -0.25) is 4.90 Å². The third-order valence-corrected chi connectivity index (χ3v) is 5.48. The number of hydrogen-bond donors (Lipinski definition) is 0.